The second-order valence-corrected chi connectivity index (χ2v) is 3.93. The fourth-order valence-electron chi connectivity index (χ4n) is 2.44. The summed E-state index contributed by atoms with van der Waals surface area (Å²) >= 11 is 0. The van der Waals surface area contributed by atoms with Crippen molar-refractivity contribution < 1.29 is 0 Å². The molecule has 70 valence electrons. The van der Waals surface area contributed by atoms with Crippen LogP contribution in [0.2, 0.25) is 0 Å². The van der Waals surface area contributed by atoms with Gasteiger partial charge < -0.3 is 0 Å². The Kier molecular flexibility index (Phi) is 2.37. The van der Waals surface area contributed by atoms with E-state index >= 15 is 0 Å². The van der Waals surface area contributed by atoms with Gasteiger partial charge in [0, 0.05) is 11.5 Å². The molecule has 1 fully saturated rings. The van der Waals surface area contributed by atoms with Gasteiger partial charge in [-0.15, -0.1) is 0 Å². The van der Waals surface area contributed by atoms with Gasteiger partial charge in [0.05, 0.1) is 18.1 Å². The highest BCUT2D eigenvalue weighted by atomic mass is 14.4. The number of rotatable bonds is 0. The van der Waals surface area contributed by atoms with Gasteiger partial charge in [-0.2, -0.15) is 10.5 Å². The van der Waals surface area contributed by atoms with Crippen molar-refractivity contribution in [2.45, 2.75) is 25.7 Å². The van der Waals surface area contributed by atoms with Crippen molar-refractivity contribution in [2.24, 2.45) is 11.8 Å². The SMILES string of the molecule is N#CC1=CC=C2CCCC[C@@H]2[C@@H]1C#N. The summed E-state index contributed by atoms with van der Waals surface area (Å²) < 4.78 is 0. The molecule has 2 atom stereocenters. The van der Waals surface area contributed by atoms with Crippen LogP contribution in [0.4, 0.5) is 0 Å². The molecule has 0 aromatic heterocycles. The minimum absolute atomic E-state index is 0.180. The van der Waals surface area contributed by atoms with Crippen LogP contribution in [0.1, 0.15) is 25.7 Å². The quantitative estimate of drug-likeness (QED) is 0.581. The highest BCUT2D eigenvalue weighted by Gasteiger charge is 2.31. The van der Waals surface area contributed by atoms with Gasteiger partial charge in [-0.05, 0) is 25.3 Å². The summed E-state index contributed by atoms with van der Waals surface area (Å²) in [5.41, 5.74) is 2.02. The van der Waals surface area contributed by atoms with Crippen LogP contribution in [0, 0.1) is 34.5 Å². The topological polar surface area (TPSA) is 47.6 Å². The van der Waals surface area contributed by atoms with Gasteiger partial charge in [0.15, 0.2) is 0 Å². The summed E-state index contributed by atoms with van der Waals surface area (Å²) in [5, 5.41) is 17.9. The van der Waals surface area contributed by atoms with Crippen molar-refractivity contribution in [3.63, 3.8) is 0 Å². The number of fused-ring (bicyclic) bond motifs is 1. The minimum atomic E-state index is -0.180. The molecule has 0 heterocycles. The first-order valence-electron chi connectivity index (χ1n) is 5.07. The molecule has 0 amide bonds. The summed E-state index contributed by atoms with van der Waals surface area (Å²) in [5.74, 6) is 0.147. The van der Waals surface area contributed by atoms with E-state index in [0.717, 1.165) is 12.8 Å². The van der Waals surface area contributed by atoms with E-state index in [0.29, 0.717) is 11.5 Å². The average molecular weight is 184 g/mol. The number of hydrogen-bond donors (Lipinski definition) is 0. The molecule has 2 aliphatic carbocycles. The predicted molar refractivity (Wildman–Crippen MR) is 52.8 cm³/mol. The zero-order valence-electron chi connectivity index (χ0n) is 8.03. The summed E-state index contributed by atoms with van der Waals surface area (Å²) in [7, 11) is 0. The molecule has 1 saturated carbocycles. The maximum Gasteiger partial charge on any atom is 0.0961 e. The lowest BCUT2D eigenvalue weighted by Crippen LogP contribution is -2.22. The van der Waals surface area contributed by atoms with Gasteiger partial charge in [0.25, 0.3) is 0 Å². The summed E-state index contributed by atoms with van der Waals surface area (Å²) in [6, 6.07) is 4.40. The Labute approximate surface area is 84.1 Å². The van der Waals surface area contributed by atoms with E-state index in [2.05, 4.69) is 18.2 Å². The zero-order valence-corrected chi connectivity index (χ0v) is 8.03. The first-order chi connectivity index (χ1) is 6.86. The van der Waals surface area contributed by atoms with E-state index in [4.69, 9.17) is 10.5 Å². The van der Waals surface area contributed by atoms with Crippen LogP contribution >= 0.6 is 0 Å². The van der Waals surface area contributed by atoms with Crippen LogP contribution in [0.25, 0.3) is 0 Å². The van der Waals surface area contributed by atoms with Crippen molar-refractivity contribution in [3.05, 3.63) is 23.3 Å². The molecule has 0 aliphatic heterocycles. The molecular weight excluding hydrogens is 172 g/mol. The second kappa shape index (κ2) is 3.68. The smallest absolute Gasteiger partial charge is 0.0961 e. The molecule has 0 aromatic carbocycles. The zero-order chi connectivity index (χ0) is 9.97. The van der Waals surface area contributed by atoms with Crippen LogP contribution in [0.5, 0.6) is 0 Å². The highest BCUT2D eigenvalue weighted by Crippen LogP contribution is 2.40. The van der Waals surface area contributed by atoms with E-state index in [1.54, 1.807) is 0 Å². The van der Waals surface area contributed by atoms with Gasteiger partial charge in [-0.1, -0.05) is 18.1 Å². The molecular formula is C12H12N2. The second-order valence-electron chi connectivity index (χ2n) is 3.93. The predicted octanol–water partition coefficient (Wildman–Crippen LogP) is 2.71. The third-order valence-electron chi connectivity index (χ3n) is 3.19. The number of hydrogen-bond acceptors (Lipinski definition) is 2. The molecule has 2 rings (SSSR count). The van der Waals surface area contributed by atoms with Crippen molar-refractivity contribution in [1.29, 1.82) is 10.5 Å². The van der Waals surface area contributed by atoms with E-state index < -0.39 is 0 Å². The molecule has 0 N–H and O–H groups in total. The minimum Gasteiger partial charge on any atom is -0.198 e. The molecule has 0 radical (unpaired) electrons. The van der Waals surface area contributed by atoms with Crippen molar-refractivity contribution in [3.8, 4) is 12.1 Å². The van der Waals surface area contributed by atoms with Crippen LogP contribution in [-0.4, -0.2) is 0 Å². The van der Waals surface area contributed by atoms with Gasteiger partial charge in [-0.3, -0.25) is 0 Å². The molecule has 0 aromatic rings. The van der Waals surface area contributed by atoms with Gasteiger partial charge in [0.1, 0.15) is 0 Å². The Hall–Kier alpha value is -1.54. The van der Waals surface area contributed by atoms with Crippen molar-refractivity contribution in [1.82, 2.24) is 0 Å². The molecule has 0 unspecified atom stereocenters. The number of nitriles is 2. The number of nitrogens with zero attached hydrogens (tertiary/aromatic N) is 2. The third-order valence-corrected chi connectivity index (χ3v) is 3.19. The monoisotopic (exact) mass is 184 g/mol. The molecule has 0 bridgehead atoms. The van der Waals surface area contributed by atoms with Crippen LogP contribution in [0.15, 0.2) is 23.3 Å². The lowest BCUT2D eigenvalue weighted by atomic mass is 9.71. The third kappa shape index (κ3) is 1.34. The maximum absolute atomic E-state index is 9.06. The van der Waals surface area contributed by atoms with Crippen LogP contribution < -0.4 is 0 Å². The summed E-state index contributed by atoms with van der Waals surface area (Å²) in [6.45, 7) is 0. The molecule has 0 spiro atoms. The molecule has 2 nitrogen and oxygen atoms in total. The maximum atomic E-state index is 9.06. The highest BCUT2D eigenvalue weighted by molar-refractivity contribution is 5.40. The fourth-order valence-corrected chi connectivity index (χ4v) is 2.44. The molecule has 2 heteroatoms. The van der Waals surface area contributed by atoms with E-state index in [1.807, 2.05) is 6.08 Å². The first kappa shape index (κ1) is 9.03. The van der Waals surface area contributed by atoms with Gasteiger partial charge in [0.2, 0.25) is 0 Å². The number of allylic oxidation sites excluding steroid dienone is 4. The van der Waals surface area contributed by atoms with Gasteiger partial charge in [-0.25, -0.2) is 0 Å². The van der Waals surface area contributed by atoms with E-state index in [9.17, 15) is 0 Å². The standard InChI is InChI=1S/C12H12N2/c13-7-10-6-5-9-3-1-2-4-11(9)12(10)8-14/h5-6,11-12H,1-4H2/t11-,12+/m0/s1. The van der Waals surface area contributed by atoms with E-state index in [1.165, 1.54) is 18.4 Å². The van der Waals surface area contributed by atoms with Crippen LogP contribution in [0.3, 0.4) is 0 Å². The Morgan fingerprint density at radius 3 is 2.79 bits per heavy atom. The Morgan fingerprint density at radius 1 is 1.21 bits per heavy atom. The first-order valence-corrected chi connectivity index (χ1v) is 5.07. The molecule has 2 aliphatic rings. The molecule has 14 heavy (non-hydrogen) atoms. The van der Waals surface area contributed by atoms with E-state index in [-0.39, 0.29) is 5.92 Å². The Bertz CT molecular complexity index is 376. The van der Waals surface area contributed by atoms with Crippen molar-refractivity contribution >= 4 is 0 Å². The average Bonchev–Trinajstić information content (AvgIpc) is 2.27. The van der Waals surface area contributed by atoms with Crippen LogP contribution in [-0.2, 0) is 0 Å². The largest absolute Gasteiger partial charge is 0.198 e. The normalized spacial score (nSPS) is 30.4. The Morgan fingerprint density at radius 2 is 2.07 bits per heavy atom. The lowest BCUT2D eigenvalue weighted by Gasteiger charge is -2.31. The lowest BCUT2D eigenvalue weighted by molar-refractivity contribution is 0.400. The van der Waals surface area contributed by atoms with Gasteiger partial charge >= 0.3 is 0 Å². The van der Waals surface area contributed by atoms with Crippen molar-refractivity contribution in [2.75, 3.05) is 0 Å². The summed E-state index contributed by atoms with van der Waals surface area (Å²) in [6.07, 6.45) is 8.48. The summed E-state index contributed by atoms with van der Waals surface area (Å²) in [4.78, 5) is 0. The molecule has 0 saturated heterocycles. The fraction of sp³-hybridized carbons (Fsp3) is 0.500. The Balaban J connectivity index is 2.34.